The van der Waals surface area contributed by atoms with Crippen LogP contribution >= 0.6 is 15.9 Å². The van der Waals surface area contributed by atoms with E-state index in [1.165, 1.54) is 0 Å². The van der Waals surface area contributed by atoms with E-state index in [4.69, 9.17) is 4.84 Å². The van der Waals surface area contributed by atoms with Crippen LogP contribution in [-0.2, 0) is 11.2 Å². The summed E-state index contributed by atoms with van der Waals surface area (Å²) in [6.07, 6.45) is 0.384. The van der Waals surface area contributed by atoms with Crippen LogP contribution in [0, 0.1) is 0 Å². The van der Waals surface area contributed by atoms with Crippen LogP contribution in [-0.4, -0.2) is 5.91 Å². The van der Waals surface area contributed by atoms with Crippen molar-refractivity contribution in [1.82, 2.24) is 5.48 Å². The van der Waals surface area contributed by atoms with Gasteiger partial charge in [-0.15, -0.1) is 0 Å². The quantitative estimate of drug-likeness (QED) is 0.729. The highest BCUT2D eigenvalue weighted by Gasteiger charge is 2.15. The molecular formula is C8H6BrNO2. The minimum absolute atomic E-state index is 0.111. The van der Waals surface area contributed by atoms with Gasteiger partial charge in [0.15, 0.2) is 5.75 Å². The standard InChI is InChI=1S/C8H6BrNO2/c9-6-1-2-7-5(3-6)4-8(11)10-12-7/h1-3H,4H2,(H,10,11). The highest BCUT2D eigenvalue weighted by molar-refractivity contribution is 9.10. The summed E-state index contributed by atoms with van der Waals surface area (Å²) in [4.78, 5) is 15.9. The van der Waals surface area contributed by atoms with Crippen molar-refractivity contribution in [1.29, 1.82) is 0 Å². The van der Waals surface area contributed by atoms with E-state index in [0.29, 0.717) is 6.42 Å². The first-order chi connectivity index (χ1) is 5.75. The highest BCUT2D eigenvalue weighted by Crippen LogP contribution is 2.24. The molecule has 2 rings (SSSR count). The molecule has 1 N–H and O–H groups in total. The van der Waals surface area contributed by atoms with Crippen molar-refractivity contribution in [3.63, 3.8) is 0 Å². The monoisotopic (exact) mass is 227 g/mol. The number of fused-ring (bicyclic) bond motifs is 1. The lowest BCUT2D eigenvalue weighted by atomic mass is 10.1. The van der Waals surface area contributed by atoms with Gasteiger partial charge in [-0.3, -0.25) is 4.79 Å². The maximum atomic E-state index is 10.9. The third-order valence-electron chi connectivity index (χ3n) is 1.65. The van der Waals surface area contributed by atoms with Crippen LogP contribution in [0.15, 0.2) is 22.7 Å². The summed E-state index contributed by atoms with van der Waals surface area (Å²) in [5.41, 5.74) is 3.21. The molecule has 1 heterocycles. The van der Waals surface area contributed by atoms with Crippen LogP contribution in [0.5, 0.6) is 5.75 Å². The van der Waals surface area contributed by atoms with Crippen LogP contribution in [0.25, 0.3) is 0 Å². The second kappa shape index (κ2) is 2.79. The van der Waals surface area contributed by atoms with Gasteiger partial charge in [0.25, 0.3) is 5.91 Å². The van der Waals surface area contributed by atoms with Crippen LogP contribution in [0.3, 0.4) is 0 Å². The van der Waals surface area contributed by atoms with E-state index in [0.717, 1.165) is 15.8 Å². The normalized spacial score (nSPS) is 14.6. The number of carbonyl (C=O) groups excluding carboxylic acids is 1. The largest absolute Gasteiger partial charge is 0.379 e. The second-order valence-electron chi connectivity index (χ2n) is 2.56. The molecule has 0 spiro atoms. The summed E-state index contributed by atoms with van der Waals surface area (Å²) in [5.74, 6) is 0.610. The van der Waals surface area contributed by atoms with E-state index in [1.54, 1.807) is 0 Å². The number of hydrogen-bond donors (Lipinski definition) is 1. The Morgan fingerprint density at radius 3 is 3.17 bits per heavy atom. The fourth-order valence-corrected chi connectivity index (χ4v) is 1.52. The predicted octanol–water partition coefficient (Wildman–Crippen LogP) is 1.42. The molecule has 0 atom stereocenters. The maximum absolute atomic E-state index is 10.9. The Kier molecular flexibility index (Phi) is 1.77. The molecule has 0 saturated heterocycles. The van der Waals surface area contributed by atoms with E-state index in [9.17, 15) is 4.79 Å². The molecule has 12 heavy (non-hydrogen) atoms. The lowest BCUT2D eigenvalue weighted by Crippen LogP contribution is -2.32. The highest BCUT2D eigenvalue weighted by atomic mass is 79.9. The summed E-state index contributed by atoms with van der Waals surface area (Å²) in [7, 11) is 0. The number of benzene rings is 1. The van der Waals surface area contributed by atoms with E-state index >= 15 is 0 Å². The molecule has 1 aliphatic heterocycles. The van der Waals surface area contributed by atoms with Gasteiger partial charge in [0.05, 0.1) is 6.42 Å². The molecule has 0 aliphatic carbocycles. The lowest BCUT2D eigenvalue weighted by molar-refractivity contribution is -0.128. The first-order valence-corrected chi connectivity index (χ1v) is 4.29. The van der Waals surface area contributed by atoms with E-state index < -0.39 is 0 Å². The number of amides is 1. The summed E-state index contributed by atoms with van der Waals surface area (Å²) in [5, 5.41) is 0. The number of hydroxylamine groups is 1. The minimum Gasteiger partial charge on any atom is -0.379 e. The van der Waals surface area contributed by atoms with Gasteiger partial charge in [-0.1, -0.05) is 15.9 Å². The van der Waals surface area contributed by atoms with Crippen LogP contribution in [0.2, 0.25) is 0 Å². The molecule has 1 aromatic carbocycles. The average molecular weight is 228 g/mol. The number of rotatable bonds is 0. The van der Waals surface area contributed by atoms with Crippen molar-refractivity contribution in [2.45, 2.75) is 6.42 Å². The molecule has 1 aromatic rings. The van der Waals surface area contributed by atoms with Gasteiger partial charge in [0.2, 0.25) is 0 Å². The number of hydrogen-bond acceptors (Lipinski definition) is 2. The van der Waals surface area contributed by atoms with Gasteiger partial charge in [-0.2, -0.15) is 5.48 Å². The van der Waals surface area contributed by atoms with Crippen molar-refractivity contribution in [3.8, 4) is 5.75 Å². The zero-order chi connectivity index (χ0) is 8.55. The molecule has 0 bridgehead atoms. The zero-order valence-corrected chi connectivity index (χ0v) is 7.72. The molecule has 1 amide bonds. The van der Waals surface area contributed by atoms with Gasteiger partial charge in [0, 0.05) is 10.0 Å². The molecule has 62 valence electrons. The van der Waals surface area contributed by atoms with Crippen LogP contribution in [0.4, 0.5) is 0 Å². The number of carbonyl (C=O) groups is 1. The fraction of sp³-hybridized carbons (Fsp3) is 0.125. The van der Waals surface area contributed by atoms with Gasteiger partial charge >= 0.3 is 0 Å². The topological polar surface area (TPSA) is 38.3 Å². The minimum atomic E-state index is -0.111. The first-order valence-electron chi connectivity index (χ1n) is 3.50. The van der Waals surface area contributed by atoms with Crippen molar-refractivity contribution < 1.29 is 9.63 Å². The zero-order valence-electron chi connectivity index (χ0n) is 6.13. The average Bonchev–Trinajstić information content (AvgIpc) is 2.03. The number of nitrogens with one attached hydrogen (secondary N) is 1. The second-order valence-corrected chi connectivity index (χ2v) is 3.47. The summed E-state index contributed by atoms with van der Waals surface area (Å²) >= 11 is 3.32. The molecule has 0 fully saturated rings. The molecule has 1 aliphatic rings. The third-order valence-corrected chi connectivity index (χ3v) is 2.14. The fourth-order valence-electron chi connectivity index (χ4n) is 1.11. The van der Waals surface area contributed by atoms with E-state index in [2.05, 4.69) is 21.4 Å². The molecule has 0 aromatic heterocycles. The Bertz CT molecular complexity index is 338. The summed E-state index contributed by atoms with van der Waals surface area (Å²) < 4.78 is 0.958. The van der Waals surface area contributed by atoms with Crippen molar-refractivity contribution in [2.75, 3.05) is 0 Å². The van der Waals surface area contributed by atoms with Crippen LogP contribution in [0.1, 0.15) is 5.56 Å². The molecule has 3 nitrogen and oxygen atoms in total. The molecular weight excluding hydrogens is 222 g/mol. The predicted molar refractivity (Wildman–Crippen MR) is 46.6 cm³/mol. The van der Waals surface area contributed by atoms with Crippen molar-refractivity contribution in [3.05, 3.63) is 28.2 Å². The Labute approximate surface area is 77.8 Å². The van der Waals surface area contributed by atoms with Crippen LogP contribution < -0.4 is 10.3 Å². The lowest BCUT2D eigenvalue weighted by Gasteiger charge is -2.16. The molecule has 0 unspecified atom stereocenters. The summed E-state index contributed by atoms with van der Waals surface area (Å²) in [6, 6.07) is 5.57. The Morgan fingerprint density at radius 1 is 1.50 bits per heavy atom. The third kappa shape index (κ3) is 1.30. The van der Waals surface area contributed by atoms with E-state index in [1.807, 2.05) is 18.2 Å². The Hall–Kier alpha value is -1.03. The van der Waals surface area contributed by atoms with Gasteiger partial charge in [0.1, 0.15) is 0 Å². The van der Waals surface area contributed by atoms with Gasteiger partial charge < -0.3 is 4.84 Å². The van der Waals surface area contributed by atoms with Crippen molar-refractivity contribution in [2.24, 2.45) is 0 Å². The Balaban J connectivity index is 2.44. The molecule has 4 heteroatoms. The van der Waals surface area contributed by atoms with Gasteiger partial charge in [-0.25, -0.2) is 0 Å². The first kappa shape index (κ1) is 7.61. The van der Waals surface area contributed by atoms with E-state index in [-0.39, 0.29) is 5.91 Å². The summed E-state index contributed by atoms with van der Waals surface area (Å²) in [6.45, 7) is 0. The van der Waals surface area contributed by atoms with Crippen molar-refractivity contribution >= 4 is 21.8 Å². The van der Waals surface area contributed by atoms with Gasteiger partial charge in [-0.05, 0) is 18.2 Å². The molecule has 0 radical (unpaired) electrons. The Morgan fingerprint density at radius 2 is 2.33 bits per heavy atom. The SMILES string of the molecule is O=C1Cc2cc(Br)ccc2ON1. The maximum Gasteiger partial charge on any atom is 0.257 e. The smallest absolute Gasteiger partial charge is 0.257 e. The molecule has 0 saturated carbocycles. The number of halogens is 1.